The van der Waals surface area contributed by atoms with Crippen molar-refractivity contribution in [2.24, 2.45) is 0 Å². The highest BCUT2D eigenvalue weighted by molar-refractivity contribution is 6.06. The number of benzene rings is 3. The van der Waals surface area contributed by atoms with Crippen molar-refractivity contribution in [1.82, 2.24) is 0 Å². The molecule has 0 heterocycles. The molecule has 0 radical (unpaired) electrons. The SMILES string of the molecule is COC(=O)c1c(-c2ccccc2OC)cc(C)c2c1-c1ccccc1CC2. The number of carbonyl (C=O) groups is 1. The van der Waals surface area contributed by atoms with Crippen molar-refractivity contribution in [2.75, 3.05) is 14.2 Å². The van der Waals surface area contributed by atoms with Gasteiger partial charge in [-0.25, -0.2) is 4.79 Å². The number of fused-ring (bicyclic) bond motifs is 3. The second-order valence-electron chi connectivity index (χ2n) is 6.82. The molecule has 27 heavy (non-hydrogen) atoms. The van der Waals surface area contributed by atoms with Gasteiger partial charge in [0.25, 0.3) is 0 Å². The molecule has 0 saturated carbocycles. The summed E-state index contributed by atoms with van der Waals surface area (Å²) in [5, 5.41) is 0. The molecule has 0 saturated heterocycles. The van der Waals surface area contributed by atoms with Crippen LogP contribution in [0.4, 0.5) is 0 Å². The number of carbonyl (C=O) groups excluding carboxylic acids is 1. The van der Waals surface area contributed by atoms with Crippen molar-refractivity contribution < 1.29 is 14.3 Å². The quantitative estimate of drug-likeness (QED) is 0.602. The number of methoxy groups -OCH3 is 2. The average Bonchev–Trinajstić information content (AvgIpc) is 2.72. The molecule has 0 amide bonds. The van der Waals surface area contributed by atoms with Crippen LogP contribution < -0.4 is 4.74 Å². The molecule has 0 fully saturated rings. The topological polar surface area (TPSA) is 35.5 Å². The first-order valence-corrected chi connectivity index (χ1v) is 9.12. The first-order valence-electron chi connectivity index (χ1n) is 9.12. The first-order chi connectivity index (χ1) is 13.2. The highest BCUT2D eigenvalue weighted by Gasteiger charge is 2.28. The Hall–Kier alpha value is -3.07. The highest BCUT2D eigenvalue weighted by Crippen LogP contribution is 2.44. The third kappa shape index (κ3) is 2.80. The van der Waals surface area contributed by atoms with Gasteiger partial charge in [-0.2, -0.15) is 0 Å². The predicted octanol–water partition coefficient (Wildman–Crippen LogP) is 5.22. The molecule has 136 valence electrons. The molecule has 0 aliphatic heterocycles. The van der Waals surface area contributed by atoms with Gasteiger partial charge in [0.1, 0.15) is 5.75 Å². The van der Waals surface area contributed by atoms with Crippen LogP contribution in [-0.4, -0.2) is 20.2 Å². The number of para-hydroxylation sites is 1. The van der Waals surface area contributed by atoms with Crippen LogP contribution in [0.3, 0.4) is 0 Å². The molecule has 4 rings (SSSR count). The molecule has 0 N–H and O–H groups in total. The lowest BCUT2D eigenvalue weighted by atomic mass is 9.78. The summed E-state index contributed by atoms with van der Waals surface area (Å²) < 4.78 is 10.8. The molecule has 0 unspecified atom stereocenters. The summed E-state index contributed by atoms with van der Waals surface area (Å²) in [6, 6.07) is 18.2. The Balaban J connectivity index is 2.11. The predicted molar refractivity (Wildman–Crippen MR) is 107 cm³/mol. The lowest BCUT2D eigenvalue weighted by molar-refractivity contribution is 0.0602. The van der Waals surface area contributed by atoms with Crippen LogP contribution in [-0.2, 0) is 17.6 Å². The molecule has 0 atom stereocenters. The Kier molecular flexibility index (Phi) is 4.44. The Morgan fingerprint density at radius 2 is 1.59 bits per heavy atom. The Labute approximate surface area is 159 Å². The van der Waals surface area contributed by atoms with E-state index in [9.17, 15) is 4.79 Å². The zero-order valence-corrected chi connectivity index (χ0v) is 15.8. The van der Waals surface area contributed by atoms with Crippen LogP contribution in [0.25, 0.3) is 22.3 Å². The number of aryl methyl sites for hydroxylation is 2. The minimum Gasteiger partial charge on any atom is -0.496 e. The van der Waals surface area contributed by atoms with E-state index >= 15 is 0 Å². The molecule has 0 aromatic heterocycles. The third-order valence-electron chi connectivity index (χ3n) is 5.38. The van der Waals surface area contributed by atoms with E-state index in [4.69, 9.17) is 9.47 Å². The van der Waals surface area contributed by atoms with E-state index in [1.165, 1.54) is 23.8 Å². The number of hydrogen-bond donors (Lipinski definition) is 0. The maximum Gasteiger partial charge on any atom is 0.339 e. The summed E-state index contributed by atoms with van der Waals surface area (Å²) in [4.78, 5) is 12.9. The molecule has 3 aromatic rings. The van der Waals surface area contributed by atoms with Crippen molar-refractivity contribution in [3.63, 3.8) is 0 Å². The van der Waals surface area contributed by atoms with Gasteiger partial charge < -0.3 is 9.47 Å². The van der Waals surface area contributed by atoms with E-state index in [1.807, 2.05) is 30.3 Å². The summed E-state index contributed by atoms with van der Waals surface area (Å²) in [6.07, 6.45) is 1.91. The van der Waals surface area contributed by atoms with Crippen molar-refractivity contribution in [3.05, 3.63) is 76.9 Å². The van der Waals surface area contributed by atoms with Gasteiger partial charge in [0.2, 0.25) is 0 Å². The lowest BCUT2D eigenvalue weighted by Gasteiger charge is -2.26. The lowest BCUT2D eigenvalue weighted by Crippen LogP contribution is -2.14. The second kappa shape index (κ2) is 6.92. The van der Waals surface area contributed by atoms with Crippen LogP contribution in [0.1, 0.15) is 27.0 Å². The maximum absolute atomic E-state index is 12.9. The fourth-order valence-corrected chi connectivity index (χ4v) is 4.11. The smallest absolute Gasteiger partial charge is 0.339 e. The number of hydrogen-bond acceptors (Lipinski definition) is 3. The van der Waals surface area contributed by atoms with Gasteiger partial charge in [-0.3, -0.25) is 0 Å². The number of esters is 1. The van der Waals surface area contributed by atoms with Crippen molar-refractivity contribution >= 4 is 5.97 Å². The Morgan fingerprint density at radius 1 is 0.889 bits per heavy atom. The fourth-order valence-electron chi connectivity index (χ4n) is 4.11. The summed E-state index contributed by atoms with van der Waals surface area (Å²) in [5.41, 5.74) is 8.19. The monoisotopic (exact) mass is 358 g/mol. The van der Waals surface area contributed by atoms with Gasteiger partial charge in [-0.15, -0.1) is 0 Å². The van der Waals surface area contributed by atoms with E-state index in [-0.39, 0.29) is 5.97 Å². The van der Waals surface area contributed by atoms with Crippen LogP contribution in [0, 0.1) is 6.92 Å². The standard InChI is InChI=1S/C24H22O3/c1-15-14-20(19-10-6-7-11-21(19)26-2)23(24(25)27-3)22-17(15)13-12-16-8-4-5-9-18(16)22/h4-11,14H,12-13H2,1-3H3. The highest BCUT2D eigenvalue weighted by atomic mass is 16.5. The Bertz CT molecular complexity index is 1030. The van der Waals surface area contributed by atoms with E-state index in [0.717, 1.165) is 40.8 Å². The van der Waals surface area contributed by atoms with Gasteiger partial charge in [-0.1, -0.05) is 48.5 Å². The summed E-state index contributed by atoms with van der Waals surface area (Å²) >= 11 is 0. The second-order valence-corrected chi connectivity index (χ2v) is 6.82. The number of rotatable bonds is 3. The van der Waals surface area contributed by atoms with Gasteiger partial charge in [0.15, 0.2) is 0 Å². The van der Waals surface area contributed by atoms with Gasteiger partial charge >= 0.3 is 5.97 Å². The normalized spacial score (nSPS) is 12.1. The minimum absolute atomic E-state index is 0.316. The van der Waals surface area contributed by atoms with Crippen LogP contribution >= 0.6 is 0 Å². The molecular formula is C24H22O3. The average molecular weight is 358 g/mol. The molecule has 3 nitrogen and oxygen atoms in total. The molecule has 3 aromatic carbocycles. The molecule has 3 heteroatoms. The molecular weight excluding hydrogens is 336 g/mol. The molecule has 1 aliphatic rings. The summed E-state index contributed by atoms with van der Waals surface area (Å²) in [5.74, 6) is 0.426. The zero-order valence-electron chi connectivity index (χ0n) is 15.8. The van der Waals surface area contributed by atoms with E-state index in [1.54, 1.807) is 7.11 Å². The molecule has 0 spiro atoms. The zero-order chi connectivity index (χ0) is 19.0. The van der Waals surface area contributed by atoms with E-state index in [0.29, 0.717) is 5.56 Å². The van der Waals surface area contributed by atoms with Gasteiger partial charge in [0.05, 0.1) is 19.8 Å². The first kappa shape index (κ1) is 17.3. The van der Waals surface area contributed by atoms with Crippen molar-refractivity contribution in [3.8, 4) is 28.0 Å². The van der Waals surface area contributed by atoms with Gasteiger partial charge in [0, 0.05) is 16.7 Å². The van der Waals surface area contributed by atoms with Crippen LogP contribution in [0.15, 0.2) is 54.6 Å². The Morgan fingerprint density at radius 3 is 2.33 bits per heavy atom. The minimum atomic E-state index is -0.316. The largest absolute Gasteiger partial charge is 0.496 e. The third-order valence-corrected chi connectivity index (χ3v) is 5.38. The molecule has 1 aliphatic carbocycles. The van der Waals surface area contributed by atoms with E-state index in [2.05, 4.69) is 31.2 Å². The van der Waals surface area contributed by atoms with E-state index < -0.39 is 0 Å². The molecule has 0 bridgehead atoms. The van der Waals surface area contributed by atoms with Gasteiger partial charge in [-0.05, 0) is 48.1 Å². The fraction of sp³-hybridized carbons (Fsp3) is 0.208. The summed E-state index contributed by atoms with van der Waals surface area (Å²) in [7, 11) is 3.09. The van der Waals surface area contributed by atoms with Crippen molar-refractivity contribution in [1.29, 1.82) is 0 Å². The van der Waals surface area contributed by atoms with Crippen LogP contribution in [0.2, 0.25) is 0 Å². The maximum atomic E-state index is 12.9. The summed E-state index contributed by atoms with van der Waals surface area (Å²) in [6.45, 7) is 2.12. The van der Waals surface area contributed by atoms with Crippen molar-refractivity contribution in [2.45, 2.75) is 19.8 Å². The van der Waals surface area contributed by atoms with Crippen LogP contribution in [0.5, 0.6) is 5.75 Å². The number of ether oxygens (including phenoxy) is 2.